The van der Waals surface area contributed by atoms with E-state index in [0.29, 0.717) is 12.2 Å². The van der Waals surface area contributed by atoms with E-state index in [9.17, 15) is 0 Å². The van der Waals surface area contributed by atoms with E-state index >= 15 is 0 Å². The highest BCUT2D eigenvalue weighted by molar-refractivity contribution is 7.09. The second-order valence-electron chi connectivity index (χ2n) is 4.93. The van der Waals surface area contributed by atoms with Crippen molar-refractivity contribution in [3.8, 4) is 0 Å². The third-order valence-corrected chi connectivity index (χ3v) is 3.90. The smallest absolute Gasteiger partial charge is 0.0928 e. The molecule has 0 aliphatic carbocycles. The molecule has 0 amide bonds. The van der Waals surface area contributed by atoms with Crippen LogP contribution in [0.4, 0.5) is 0 Å². The molecule has 2 unspecified atom stereocenters. The maximum atomic E-state index is 5.74. The Morgan fingerprint density at radius 1 is 1.41 bits per heavy atom. The predicted octanol–water partition coefficient (Wildman–Crippen LogP) is 2.70. The van der Waals surface area contributed by atoms with Crippen molar-refractivity contribution in [2.75, 3.05) is 13.1 Å². The Kier molecular flexibility index (Phi) is 4.54. The minimum atomic E-state index is 0.340. The summed E-state index contributed by atoms with van der Waals surface area (Å²) in [7, 11) is 0. The lowest BCUT2D eigenvalue weighted by atomic mass is 10.2. The molecule has 0 radical (unpaired) electrons. The summed E-state index contributed by atoms with van der Waals surface area (Å²) in [5.41, 5.74) is 1.22. The molecule has 0 bridgehead atoms. The van der Waals surface area contributed by atoms with Gasteiger partial charge in [-0.05, 0) is 26.7 Å². The molecule has 17 heavy (non-hydrogen) atoms. The predicted molar refractivity (Wildman–Crippen MR) is 71.4 cm³/mol. The highest BCUT2D eigenvalue weighted by atomic mass is 32.1. The first-order valence-corrected chi connectivity index (χ1v) is 7.36. The number of thiazole rings is 1. The maximum Gasteiger partial charge on any atom is 0.0928 e. The van der Waals surface area contributed by atoms with Gasteiger partial charge in [0.15, 0.2) is 0 Å². The summed E-state index contributed by atoms with van der Waals surface area (Å²) >= 11 is 1.80. The van der Waals surface area contributed by atoms with Crippen LogP contribution in [0.5, 0.6) is 0 Å². The highest BCUT2D eigenvalue weighted by Crippen LogP contribution is 2.17. The average Bonchev–Trinajstić information content (AvgIpc) is 2.64. The normalized spacial score (nSPS) is 26.3. The summed E-state index contributed by atoms with van der Waals surface area (Å²) in [6, 6.07) is 0. The van der Waals surface area contributed by atoms with Gasteiger partial charge in [0.05, 0.1) is 22.9 Å². The molecule has 2 heterocycles. The molecule has 1 aromatic heterocycles. The number of nitrogens with zero attached hydrogens (tertiary/aromatic N) is 2. The number of aromatic nitrogens is 1. The van der Waals surface area contributed by atoms with E-state index in [1.54, 1.807) is 11.3 Å². The average molecular weight is 254 g/mol. The van der Waals surface area contributed by atoms with E-state index in [2.05, 4.69) is 36.0 Å². The van der Waals surface area contributed by atoms with Gasteiger partial charge in [0.2, 0.25) is 0 Å². The van der Waals surface area contributed by atoms with Gasteiger partial charge in [0.1, 0.15) is 0 Å². The number of hydrogen-bond acceptors (Lipinski definition) is 4. The molecule has 0 N–H and O–H groups in total. The van der Waals surface area contributed by atoms with Gasteiger partial charge >= 0.3 is 0 Å². The van der Waals surface area contributed by atoms with Crippen LogP contribution in [0.2, 0.25) is 0 Å². The minimum absolute atomic E-state index is 0.340. The molecular formula is C13H22N2OS. The Morgan fingerprint density at radius 2 is 2.12 bits per heavy atom. The first kappa shape index (κ1) is 13.0. The topological polar surface area (TPSA) is 25.4 Å². The summed E-state index contributed by atoms with van der Waals surface area (Å²) in [4.78, 5) is 7.13. The lowest BCUT2D eigenvalue weighted by Crippen LogP contribution is -2.44. The van der Waals surface area contributed by atoms with Crippen molar-refractivity contribution >= 4 is 11.3 Å². The number of aryl methyl sites for hydroxylation is 1. The molecule has 0 spiro atoms. The van der Waals surface area contributed by atoms with Crippen LogP contribution >= 0.6 is 11.3 Å². The van der Waals surface area contributed by atoms with Crippen molar-refractivity contribution in [3.63, 3.8) is 0 Å². The molecule has 1 saturated heterocycles. The van der Waals surface area contributed by atoms with Gasteiger partial charge < -0.3 is 4.74 Å². The molecule has 2 rings (SSSR count). The van der Waals surface area contributed by atoms with Crippen LogP contribution in [0.15, 0.2) is 5.38 Å². The van der Waals surface area contributed by atoms with Crippen molar-refractivity contribution in [2.24, 2.45) is 0 Å². The monoisotopic (exact) mass is 254 g/mol. The number of morpholine rings is 1. The zero-order valence-electron chi connectivity index (χ0n) is 11.0. The van der Waals surface area contributed by atoms with Gasteiger partial charge in [-0.1, -0.05) is 6.92 Å². The van der Waals surface area contributed by atoms with Crippen LogP contribution in [-0.4, -0.2) is 35.2 Å². The summed E-state index contributed by atoms with van der Waals surface area (Å²) in [5.74, 6) is 0. The second-order valence-corrected chi connectivity index (χ2v) is 5.88. The second kappa shape index (κ2) is 5.94. The van der Waals surface area contributed by atoms with E-state index in [1.165, 1.54) is 17.1 Å². The number of hydrogen-bond donors (Lipinski definition) is 0. The molecule has 1 aromatic rings. The SMILES string of the molecule is CCCc1nc(CN2CC(C)OC(C)C2)cs1. The van der Waals surface area contributed by atoms with E-state index in [1.807, 2.05) is 0 Å². The molecule has 1 aliphatic rings. The lowest BCUT2D eigenvalue weighted by Gasteiger charge is -2.34. The Balaban J connectivity index is 1.90. The largest absolute Gasteiger partial charge is 0.373 e. The van der Waals surface area contributed by atoms with Gasteiger partial charge in [-0.2, -0.15) is 0 Å². The number of ether oxygens (including phenoxy) is 1. The van der Waals surface area contributed by atoms with Crippen LogP contribution in [0, 0.1) is 0 Å². The van der Waals surface area contributed by atoms with Crippen molar-refractivity contribution in [1.29, 1.82) is 0 Å². The van der Waals surface area contributed by atoms with Crippen molar-refractivity contribution in [1.82, 2.24) is 9.88 Å². The van der Waals surface area contributed by atoms with Crippen LogP contribution in [0.25, 0.3) is 0 Å². The van der Waals surface area contributed by atoms with Crippen molar-refractivity contribution in [3.05, 3.63) is 16.1 Å². The number of rotatable bonds is 4. The summed E-state index contributed by atoms with van der Waals surface area (Å²) in [6.45, 7) is 9.50. The molecule has 1 fully saturated rings. The molecule has 2 atom stereocenters. The zero-order valence-corrected chi connectivity index (χ0v) is 11.8. The third-order valence-electron chi connectivity index (χ3n) is 2.94. The molecule has 4 heteroatoms. The van der Waals surface area contributed by atoms with E-state index < -0.39 is 0 Å². The summed E-state index contributed by atoms with van der Waals surface area (Å²) in [5, 5.41) is 3.48. The summed E-state index contributed by atoms with van der Waals surface area (Å²) in [6.07, 6.45) is 2.97. The molecule has 0 aromatic carbocycles. The van der Waals surface area contributed by atoms with Gasteiger partial charge in [0.25, 0.3) is 0 Å². The Bertz CT molecular complexity index is 343. The fourth-order valence-corrected chi connectivity index (χ4v) is 3.28. The Morgan fingerprint density at radius 3 is 2.76 bits per heavy atom. The summed E-state index contributed by atoms with van der Waals surface area (Å²) < 4.78 is 5.74. The van der Waals surface area contributed by atoms with Gasteiger partial charge in [-0.15, -0.1) is 11.3 Å². The third kappa shape index (κ3) is 3.76. The highest BCUT2D eigenvalue weighted by Gasteiger charge is 2.22. The zero-order chi connectivity index (χ0) is 12.3. The lowest BCUT2D eigenvalue weighted by molar-refractivity contribution is -0.0707. The van der Waals surface area contributed by atoms with Gasteiger partial charge in [-0.25, -0.2) is 4.98 Å². The van der Waals surface area contributed by atoms with Gasteiger partial charge in [0, 0.05) is 25.0 Å². The Labute approximate surface area is 108 Å². The standard InChI is InChI=1S/C13H22N2OS/c1-4-5-13-14-12(9-17-13)8-15-6-10(2)16-11(3)7-15/h9-11H,4-8H2,1-3H3. The van der Waals surface area contributed by atoms with Gasteiger partial charge in [-0.3, -0.25) is 4.90 Å². The quantitative estimate of drug-likeness (QED) is 0.826. The molecule has 96 valence electrons. The fourth-order valence-electron chi connectivity index (χ4n) is 2.39. The molecule has 1 aliphatic heterocycles. The maximum absolute atomic E-state index is 5.74. The van der Waals surface area contributed by atoms with Crippen LogP contribution in [0.3, 0.4) is 0 Å². The van der Waals surface area contributed by atoms with Crippen LogP contribution < -0.4 is 0 Å². The van der Waals surface area contributed by atoms with E-state index in [0.717, 1.165) is 26.1 Å². The fraction of sp³-hybridized carbons (Fsp3) is 0.769. The minimum Gasteiger partial charge on any atom is -0.373 e. The first-order valence-electron chi connectivity index (χ1n) is 6.48. The van der Waals surface area contributed by atoms with Crippen LogP contribution in [-0.2, 0) is 17.7 Å². The molecular weight excluding hydrogens is 232 g/mol. The van der Waals surface area contributed by atoms with E-state index in [-0.39, 0.29) is 0 Å². The van der Waals surface area contributed by atoms with Crippen LogP contribution in [0.1, 0.15) is 37.9 Å². The Hall–Kier alpha value is -0.450. The first-order chi connectivity index (χ1) is 8.17. The van der Waals surface area contributed by atoms with Crippen molar-refractivity contribution in [2.45, 2.75) is 52.4 Å². The van der Waals surface area contributed by atoms with Crippen molar-refractivity contribution < 1.29 is 4.74 Å². The molecule has 3 nitrogen and oxygen atoms in total. The van der Waals surface area contributed by atoms with E-state index in [4.69, 9.17) is 4.74 Å². The molecule has 0 saturated carbocycles.